The van der Waals surface area contributed by atoms with Crippen molar-refractivity contribution in [3.05, 3.63) is 70.8 Å². The minimum absolute atomic E-state index is 0.0703. The largest absolute Gasteiger partial charge is 0.858 e. The first-order valence-corrected chi connectivity index (χ1v) is 10.4. The van der Waals surface area contributed by atoms with Crippen molar-refractivity contribution in [2.75, 3.05) is 13.1 Å². The molecule has 30 heavy (non-hydrogen) atoms. The first-order chi connectivity index (χ1) is 14.6. The van der Waals surface area contributed by atoms with Crippen molar-refractivity contribution in [2.24, 2.45) is 4.99 Å². The van der Waals surface area contributed by atoms with Gasteiger partial charge in [0.2, 0.25) is 0 Å². The molecular weight excluding hydrogens is 378 g/mol. The molecule has 2 aromatic carbocycles. The third kappa shape index (κ3) is 4.04. The number of hydrogen-bond acceptors (Lipinski definition) is 3. The Balaban J connectivity index is 1.63. The Bertz CT molecular complexity index is 1030. The third-order valence-corrected chi connectivity index (χ3v) is 5.62. The minimum Gasteiger partial charge on any atom is -0.858 e. The number of aryl methyl sites for hydroxylation is 1. The number of urea groups is 1. The second-order valence-corrected chi connectivity index (χ2v) is 7.76. The Morgan fingerprint density at radius 3 is 2.73 bits per heavy atom. The Kier molecular flexibility index (Phi) is 5.77. The van der Waals surface area contributed by atoms with Gasteiger partial charge in [0.05, 0.1) is 25.2 Å². The SMILES string of the molecule is CCC[NH+]1CCCc2cc(/C=C3/C(=O)N(Cc4ccccc4)C(=O)N=C3[O-])ccc21. The normalized spacial score (nSPS) is 20.3. The topological polar surface area (TPSA) is 77.2 Å². The van der Waals surface area contributed by atoms with Gasteiger partial charge >= 0.3 is 6.03 Å². The fourth-order valence-corrected chi connectivity index (χ4v) is 4.17. The first kappa shape index (κ1) is 20.0. The van der Waals surface area contributed by atoms with Crippen LogP contribution in [0.3, 0.4) is 0 Å². The summed E-state index contributed by atoms with van der Waals surface area (Å²) in [7, 11) is 0. The van der Waals surface area contributed by atoms with E-state index in [2.05, 4.69) is 24.0 Å². The van der Waals surface area contributed by atoms with Gasteiger partial charge in [-0.15, -0.1) is 0 Å². The maximum atomic E-state index is 12.9. The van der Waals surface area contributed by atoms with Crippen LogP contribution in [0.25, 0.3) is 6.08 Å². The maximum Gasteiger partial charge on any atom is 0.350 e. The zero-order valence-electron chi connectivity index (χ0n) is 17.1. The molecule has 0 aliphatic carbocycles. The lowest BCUT2D eigenvalue weighted by Gasteiger charge is -2.28. The van der Waals surface area contributed by atoms with E-state index in [1.54, 1.807) is 6.08 Å². The monoisotopic (exact) mass is 403 g/mol. The van der Waals surface area contributed by atoms with E-state index in [0.29, 0.717) is 0 Å². The zero-order chi connectivity index (χ0) is 21.1. The fourth-order valence-electron chi connectivity index (χ4n) is 4.17. The standard InChI is InChI=1S/C24H25N3O3/c1-2-12-26-13-6-9-19-14-18(10-11-21(19)26)15-20-22(28)25-24(30)27(23(20)29)16-17-7-4-3-5-8-17/h3-5,7-8,10-11,14-15H,2,6,9,12-13,16H2,1H3,(H,25,28,30)/b20-15+. The van der Waals surface area contributed by atoms with Gasteiger partial charge in [-0.1, -0.05) is 37.3 Å². The van der Waals surface area contributed by atoms with Crippen molar-refractivity contribution in [3.8, 4) is 0 Å². The van der Waals surface area contributed by atoms with E-state index in [9.17, 15) is 14.7 Å². The molecule has 2 heterocycles. The highest BCUT2D eigenvalue weighted by molar-refractivity contribution is 6.28. The third-order valence-electron chi connectivity index (χ3n) is 5.62. The molecule has 1 unspecified atom stereocenters. The number of nitrogens with zero attached hydrogens (tertiary/aromatic N) is 2. The smallest absolute Gasteiger partial charge is 0.350 e. The van der Waals surface area contributed by atoms with Crippen LogP contribution < -0.4 is 10.0 Å². The molecule has 4 rings (SSSR count). The molecule has 0 saturated carbocycles. The van der Waals surface area contributed by atoms with Crippen LogP contribution in [0.1, 0.15) is 36.5 Å². The van der Waals surface area contributed by atoms with E-state index in [1.165, 1.54) is 16.2 Å². The molecule has 6 nitrogen and oxygen atoms in total. The van der Waals surface area contributed by atoms with Gasteiger partial charge in [-0.25, -0.2) is 9.79 Å². The second kappa shape index (κ2) is 8.63. The van der Waals surface area contributed by atoms with Crippen molar-refractivity contribution in [1.29, 1.82) is 0 Å². The number of benzene rings is 2. The number of amides is 3. The Morgan fingerprint density at radius 2 is 1.97 bits per heavy atom. The van der Waals surface area contributed by atoms with Crippen molar-refractivity contribution in [3.63, 3.8) is 0 Å². The summed E-state index contributed by atoms with van der Waals surface area (Å²) in [4.78, 5) is 31.2. The number of quaternary nitrogens is 1. The van der Waals surface area contributed by atoms with Gasteiger partial charge in [0, 0.05) is 17.9 Å². The molecule has 3 amide bonds. The Hall–Kier alpha value is -3.25. The number of rotatable bonds is 5. The molecule has 0 spiro atoms. The Morgan fingerprint density at radius 1 is 1.17 bits per heavy atom. The summed E-state index contributed by atoms with van der Waals surface area (Å²) < 4.78 is 0. The van der Waals surface area contributed by atoms with Gasteiger partial charge in [-0.05, 0) is 48.2 Å². The van der Waals surface area contributed by atoms with Crippen LogP contribution in [-0.2, 0) is 17.8 Å². The van der Waals surface area contributed by atoms with E-state index in [1.807, 2.05) is 36.4 Å². The molecule has 0 aromatic heterocycles. The summed E-state index contributed by atoms with van der Waals surface area (Å²) in [6.07, 6.45) is 4.79. The number of imide groups is 1. The quantitative estimate of drug-likeness (QED) is 0.775. The van der Waals surface area contributed by atoms with Gasteiger partial charge in [0.1, 0.15) is 5.69 Å². The van der Waals surface area contributed by atoms with E-state index in [-0.39, 0.29) is 12.1 Å². The molecule has 1 N–H and O–H groups in total. The van der Waals surface area contributed by atoms with Crippen molar-refractivity contribution < 1.29 is 19.6 Å². The van der Waals surface area contributed by atoms with Crippen molar-refractivity contribution >= 4 is 29.6 Å². The Labute approximate surface area is 176 Å². The molecule has 6 heteroatoms. The van der Waals surface area contributed by atoms with Crippen molar-refractivity contribution in [1.82, 2.24) is 4.90 Å². The van der Waals surface area contributed by atoms with Gasteiger partial charge in [0.15, 0.2) is 0 Å². The summed E-state index contributed by atoms with van der Waals surface area (Å²) in [5, 5.41) is 12.3. The number of carbonyl (C=O) groups is 2. The molecule has 2 aliphatic rings. The highest BCUT2D eigenvalue weighted by atomic mass is 16.3. The number of aliphatic imine (C=N–C) groups is 1. The molecule has 0 fully saturated rings. The highest BCUT2D eigenvalue weighted by Gasteiger charge is 2.29. The molecular formula is C24H25N3O3. The van der Waals surface area contributed by atoms with Gasteiger partial charge in [-0.2, -0.15) is 0 Å². The average Bonchev–Trinajstić information content (AvgIpc) is 2.75. The predicted octanol–water partition coefficient (Wildman–Crippen LogP) is 1.86. The van der Waals surface area contributed by atoms with E-state index in [4.69, 9.17) is 0 Å². The second-order valence-electron chi connectivity index (χ2n) is 7.76. The minimum atomic E-state index is -0.810. The lowest BCUT2D eigenvalue weighted by Crippen LogP contribution is -3.08. The van der Waals surface area contributed by atoms with Crippen LogP contribution in [-0.4, -0.2) is 35.8 Å². The summed E-state index contributed by atoms with van der Waals surface area (Å²) in [5.41, 5.74) is 4.07. The van der Waals surface area contributed by atoms with Crippen LogP contribution in [0.15, 0.2) is 59.1 Å². The first-order valence-electron chi connectivity index (χ1n) is 10.4. The van der Waals surface area contributed by atoms with Gasteiger partial charge < -0.3 is 10.0 Å². The molecule has 2 aliphatic heterocycles. The van der Waals surface area contributed by atoms with E-state index >= 15 is 0 Å². The molecule has 1 atom stereocenters. The molecule has 0 radical (unpaired) electrons. The highest BCUT2D eigenvalue weighted by Crippen LogP contribution is 2.22. The van der Waals surface area contributed by atoms with Crippen LogP contribution >= 0.6 is 0 Å². The van der Waals surface area contributed by atoms with Crippen molar-refractivity contribution in [2.45, 2.75) is 32.7 Å². The lowest BCUT2D eigenvalue weighted by atomic mass is 9.97. The maximum absolute atomic E-state index is 12.9. The van der Waals surface area contributed by atoms with Crippen LogP contribution in [0.4, 0.5) is 10.5 Å². The van der Waals surface area contributed by atoms with E-state index < -0.39 is 17.8 Å². The zero-order valence-corrected chi connectivity index (χ0v) is 17.1. The number of hydrogen-bond donors (Lipinski definition) is 1. The van der Waals surface area contributed by atoms with E-state index in [0.717, 1.165) is 48.4 Å². The predicted molar refractivity (Wildman–Crippen MR) is 113 cm³/mol. The van der Waals surface area contributed by atoms with Gasteiger partial charge in [0.25, 0.3) is 5.91 Å². The molecule has 2 aromatic rings. The fraction of sp³-hybridized carbons (Fsp3) is 0.292. The van der Waals surface area contributed by atoms with Crippen LogP contribution in [0.2, 0.25) is 0 Å². The lowest BCUT2D eigenvalue weighted by molar-refractivity contribution is -0.835. The summed E-state index contributed by atoms with van der Waals surface area (Å²) >= 11 is 0. The molecule has 154 valence electrons. The number of nitrogens with one attached hydrogen (secondary N) is 1. The summed E-state index contributed by atoms with van der Waals surface area (Å²) in [6, 6.07) is 14.5. The molecule has 0 bridgehead atoms. The average molecular weight is 403 g/mol. The summed E-state index contributed by atoms with van der Waals surface area (Å²) in [6.45, 7) is 4.51. The molecule has 0 saturated heterocycles. The number of fused-ring (bicyclic) bond motifs is 1. The van der Waals surface area contributed by atoms with Crippen LogP contribution in [0.5, 0.6) is 0 Å². The number of carbonyl (C=O) groups excluding carboxylic acids is 2. The summed E-state index contributed by atoms with van der Waals surface area (Å²) in [5.74, 6) is -1.37. The van der Waals surface area contributed by atoms with Gasteiger partial charge in [-0.3, -0.25) is 9.69 Å². The van der Waals surface area contributed by atoms with Crippen LogP contribution in [0, 0.1) is 0 Å².